The standard InChI is InChI=1S/C23H28N4O3/c1-15-9-11-17-5-3-7-20(22(17)24-15)26-29-13-19(28)14-30-27-21-8-4-6-18-12-10-16(2)25-23(18)21/h9-12,19,28H,3-8,13-14H2,1-2H3. The van der Waals surface area contributed by atoms with Crippen LogP contribution in [0.2, 0.25) is 0 Å². The van der Waals surface area contributed by atoms with Crippen molar-refractivity contribution in [2.24, 2.45) is 10.3 Å². The molecular weight excluding hydrogens is 380 g/mol. The zero-order valence-electron chi connectivity index (χ0n) is 17.6. The lowest BCUT2D eigenvalue weighted by Gasteiger charge is -2.18. The van der Waals surface area contributed by atoms with Crippen LogP contribution in [0.3, 0.4) is 0 Å². The minimum atomic E-state index is -0.819. The Balaban J connectivity index is 1.30. The summed E-state index contributed by atoms with van der Waals surface area (Å²) in [5.74, 6) is 0. The molecule has 0 spiro atoms. The Bertz CT molecular complexity index is 893. The molecule has 0 unspecified atom stereocenters. The summed E-state index contributed by atoms with van der Waals surface area (Å²) in [5, 5.41) is 18.6. The Morgan fingerprint density at radius 1 is 0.800 bits per heavy atom. The van der Waals surface area contributed by atoms with E-state index >= 15 is 0 Å². The zero-order chi connectivity index (χ0) is 20.9. The molecule has 0 bridgehead atoms. The van der Waals surface area contributed by atoms with Crippen molar-refractivity contribution in [1.29, 1.82) is 0 Å². The smallest absolute Gasteiger partial charge is 0.146 e. The first kappa shape index (κ1) is 20.5. The van der Waals surface area contributed by atoms with E-state index in [9.17, 15) is 5.11 Å². The summed E-state index contributed by atoms with van der Waals surface area (Å²) in [7, 11) is 0. The molecule has 0 radical (unpaired) electrons. The Morgan fingerprint density at radius 2 is 1.27 bits per heavy atom. The highest BCUT2D eigenvalue weighted by Crippen LogP contribution is 2.22. The van der Waals surface area contributed by atoms with E-state index in [4.69, 9.17) is 9.68 Å². The van der Waals surface area contributed by atoms with E-state index < -0.39 is 6.10 Å². The molecule has 2 heterocycles. The number of aromatic nitrogens is 2. The van der Waals surface area contributed by atoms with E-state index in [1.807, 2.05) is 26.0 Å². The monoisotopic (exact) mass is 408 g/mol. The first-order valence-corrected chi connectivity index (χ1v) is 10.6. The number of nitrogens with zero attached hydrogens (tertiary/aromatic N) is 4. The molecule has 2 aliphatic rings. The molecule has 1 N–H and O–H groups in total. The maximum Gasteiger partial charge on any atom is 0.146 e. The van der Waals surface area contributed by atoms with E-state index in [-0.39, 0.29) is 13.2 Å². The van der Waals surface area contributed by atoms with Crippen LogP contribution in [0.1, 0.15) is 59.6 Å². The van der Waals surface area contributed by atoms with Gasteiger partial charge in [-0.25, -0.2) is 0 Å². The van der Waals surface area contributed by atoms with Crippen molar-refractivity contribution in [2.45, 2.75) is 58.5 Å². The summed E-state index contributed by atoms with van der Waals surface area (Å²) >= 11 is 0. The third kappa shape index (κ3) is 4.84. The lowest BCUT2D eigenvalue weighted by atomic mass is 9.94. The number of hydrogen-bond donors (Lipinski definition) is 1. The number of rotatable bonds is 6. The highest BCUT2D eigenvalue weighted by atomic mass is 16.7. The lowest BCUT2D eigenvalue weighted by molar-refractivity contribution is -0.0165. The molecule has 2 aliphatic carbocycles. The Morgan fingerprint density at radius 3 is 1.73 bits per heavy atom. The van der Waals surface area contributed by atoms with Gasteiger partial charge in [0.2, 0.25) is 0 Å². The van der Waals surface area contributed by atoms with Gasteiger partial charge in [0.1, 0.15) is 30.7 Å². The summed E-state index contributed by atoms with van der Waals surface area (Å²) in [6, 6.07) is 8.25. The van der Waals surface area contributed by atoms with Crippen molar-refractivity contribution in [3.8, 4) is 0 Å². The van der Waals surface area contributed by atoms with Crippen LogP contribution in [-0.2, 0) is 22.5 Å². The van der Waals surface area contributed by atoms with Gasteiger partial charge >= 0.3 is 0 Å². The van der Waals surface area contributed by atoms with Gasteiger partial charge in [0.15, 0.2) is 0 Å². The number of aryl methyl sites for hydroxylation is 4. The van der Waals surface area contributed by atoms with Crippen molar-refractivity contribution in [1.82, 2.24) is 9.97 Å². The number of hydrogen-bond acceptors (Lipinski definition) is 7. The van der Waals surface area contributed by atoms with Crippen LogP contribution in [-0.4, -0.2) is 45.8 Å². The molecule has 2 aromatic heterocycles. The fourth-order valence-corrected chi connectivity index (χ4v) is 3.83. The molecule has 0 saturated carbocycles. The normalized spacial score (nSPS) is 19.3. The molecule has 0 amide bonds. The summed E-state index contributed by atoms with van der Waals surface area (Å²) in [6.07, 6.45) is 4.91. The molecule has 30 heavy (non-hydrogen) atoms. The van der Waals surface area contributed by atoms with Crippen LogP contribution in [0.4, 0.5) is 0 Å². The van der Waals surface area contributed by atoms with Crippen LogP contribution >= 0.6 is 0 Å². The average Bonchev–Trinajstić information content (AvgIpc) is 2.74. The van der Waals surface area contributed by atoms with Crippen molar-refractivity contribution < 1.29 is 14.8 Å². The Kier molecular flexibility index (Phi) is 6.38. The SMILES string of the molecule is Cc1ccc2c(n1)C(=NOCC(O)CON=C1CCCc3ccc(C)nc31)CCC2. The van der Waals surface area contributed by atoms with Gasteiger partial charge in [-0.2, -0.15) is 0 Å². The molecule has 158 valence electrons. The minimum absolute atomic E-state index is 0.0451. The summed E-state index contributed by atoms with van der Waals surface area (Å²) in [5.41, 5.74) is 7.84. The maximum atomic E-state index is 10.2. The second-order valence-corrected chi connectivity index (χ2v) is 7.95. The average molecular weight is 409 g/mol. The van der Waals surface area contributed by atoms with Crippen LogP contribution < -0.4 is 0 Å². The molecule has 0 atom stereocenters. The largest absolute Gasteiger partial charge is 0.393 e. The quantitative estimate of drug-likeness (QED) is 0.741. The predicted octanol–water partition coefficient (Wildman–Crippen LogP) is 3.27. The summed E-state index contributed by atoms with van der Waals surface area (Å²) < 4.78 is 0. The fraction of sp³-hybridized carbons (Fsp3) is 0.478. The third-order valence-corrected chi connectivity index (χ3v) is 5.39. The van der Waals surface area contributed by atoms with E-state index in [1.165, 1.54) is 11.1 Å². The van der Waals surface area contributed by atoms with Crippen LogP contribution in [0.5, 0.6) is 0 Å². The van der Waals surface area contributed by atoms with E-state index in [0.717, 1.165) is 72.7 Å². The molecule has 2 aromatic rings. The second-order valence-electron chi connectivity index (χ2n) is 7.95. The van der Waals surface area contributed by atoms with Gasteiger partial charge in [-0.3, -0.25) is 9.97 Å². The van der Waals surface area contributed by atoms with Gasteiger partial charge in [-0.1, -0.05) is 22.4 Å². The van der Waals surface area contributed by atoms with Crippen LogP contribution in [0.25, 0.3) is 0 Å². The van der Waals surface area contributed by atoms with Crippen molar-refractivity contribution >= 4 is 11.4 Å². The van der Waals surface area contributed by atoms with Crippen molar-refractivity contribution in [3.63, 3.8) is 0 Å². The number of fused-ring (bicyclic) bond motifs is 2. The highest BCUT2D eigenvalue weighted by molar-refractivity contribution is 6.01. The van der Waals surface area contributed by atoms with Gasteiger partial charge in [0.25, 0.3) is 0 Å². The number of aliphatic hydroxyl groups excluding tert-OH is 1. The molecule has 0 aromatic carbocycles. The van der Waals surface area contributed by atoms with Crippen molar-refractivity contribution in [2.75, 3.05) is 13.2 Å². The second kappa shape index (κ2) is 9.34. The Hall–Kier alpha value is -2.80. The van der Waals surface area contributed by atoms with E-state index in [2.05, 4.69) is 32.4 Å². The number of aliphatic hydroxyl groups is 1. The first-order chi connectivity index (χ1) is 14.6. The van der Waals surface area contributed by atoms with Gasteiger partial charge in [0.05, 0.1) is 11.4 Å². The maximum absolute atomic E-state index is 10.2. The topological polar surface area (TPSA) is 89.2 Å². The van der Waals surface area contributed by atoms with Crippen molar-refractivity contribution in [3.05, 3.63) is 58.2 Å². The Labute approximate surface area is 176 Å². The van der Waals surface area contributed by atoms with Gasteiger partial charge in [-0.15, -0.1) is 0 Å². The highest BCUT2D eigenvalue weighted by Gasteiger charge is 2.19. The molecule has 7 heteroatoms. The summed E-state index contributed by atoms with van der Waals surface area (Å²) in [4.78, 5) is 20.0. The molecule has 4 rings (SSSR count). The van der Waals surface area contributed by atoms with Crippen LogP contribution in [0.15, 0.2) is 34.6 Å². The third-order valence-electron chi connectivity index (χ3n) is 5.39. The molecule has 7 nitrogen and oxygen atoms in total. The van der Waals surface area contributed by atoms with Gasteiger partial charge in [0, 0.05) is 11.4 Å². The molecule has 0 fully saturated rings. The first-order valence-electron chi connectivity index (χ1n) is 10.6. The number of oxime groups is 2. The minimum Gasteiger partial charge on any atom is -0.393 e. The van der Waals surface area contributed by atoms with E-state index in [0.29, 0.717) is 0 Å². The molecule has 0 saturated heterocycles. The number of pyridine rings is 2. The summed E-state index contributed by atoms with van der Waals surface area (Å²) in [6.45, 7) is 4.03. The van der Waals surface area contributed by atoms with Crippen LogP contribution in [0, 0.1) is 13.8 Å². The fourth-order valence-electron chi connectivity index (χ4n) is 3.83. The van der Waals surface area contributed by atoms with Gasteiger partial charge in [-0.05, 0) is 75.6 Å². The molecular formula is C23H28N4O3. The van der Waals surface area contributed by atoms with E-state index in [1.54, 1.807) is 0 Å². The molecule has 0 aliphatic heterocycles. The zero-order valence-corrected chi connectivity index (χ0v) is 17.6. The van der Waals surface area contributed by atoms with Gasteiger partial charge < -0.3 is 14.8 Å². The predicted molar refractivity (Wildman–Crippen MR) is 115 cm³/mol. The lowest BCUT2D eigenvalue weighted by Crippen LogP contribution is -2.22.